The Bertz CT molecular complexity index is 479. The van der Waals surface area contributed by atoms with Crippen LogP contribution in [-0.4, -0.2) is 35.5 Å². The fourth-order valence-electron chi connectivity index (χ4n) is 2.50. The molecule has 5 heteroatoms. The molecule has 4 nitrogen and oxygen atoms in total. The number of piperidine rings is 1. The molecule has 104 valence electrons. The van der Waals surface area contributed by atoms with E-state index in [1.165, 1.54) is 6.07 Å². The van der Waals surface area contributed by atoms with Crippen molar-refractivity contribution in [3.63, 3.8) is 0 Å². The van der Waals surface area contributed by atoms with Crippen LogP contribution in [0.4, 0.5) is 0 Å². The second kappa shape index (κ2) is 5.80. The first-order chi connectivity index (χ1) is 9.02. The molecule has 0 bridgehead atoms. The molecule has 1 saturated heterocycles. The molecule has 1 fully saturated rings. The van der Waals surface area contributed by atoms with Gasteiger partial charge in [0, 0.05) is 18.1 Å². The molecule has 19 heavy (non-hydrogen) atoms. The van der Waals surface area contributed by atoms with Gasteiger partial charge >= 0.3 is 0 Å². The van der Waals surface area contributed by atoms with E-state index in [0.29, 0.717) is 42.1 Å². The molecule has 1 aromatic rings. The number of carbonyl (C=O) groups is 1. The predicted octanol–water partition coefficient (Wildman–Crippen LogP) is 2.10. The van der Waals surface area contributed by atoms with Gasteiger partial charge in [0.1, 0.15) is 5.75 Å². The van der Waals surface area contributed by atoms with Crippen molar-refractivity contribution in [2.75, 3.05) is 19.6 Å². The lowest BCUT2D eigenvalue weighted by Crippen LogP contribution is -2.45. The molecule has 0 spiro atoms. The minimum absolute atomic E-state index is 0.0691. The number of nitrogens with two attached hydrogens (primary N) is 1. The monoisotopic (exact) mass is 282 g/mol. The Kier molecular flexibility index (Phi) is 4.32. The normalized spacial score (nSPS) is 23.4. The molecule has 1 aliphatic rings. The average molecular weight is 283 g/mol. The van der Waals surface area contributed by atoms with E-state index >= 15 is 0 Å². The Morgan fingerprint density at radius 1 is 1.58 bits per heavy atom. The van der Waals surface area contributed by atoms with Gasteiger partial charge in [-0.1, -0.05) is 18.5 Å². The first-order valence-corrected chi connectivity index (χ1v) is 6.88. The van der Waals surface area contributed by atoms with Crippen LogP contribution in [0.15, 0.2) is 18.2 Å². The standard InChI is InChI=1S/C14H19ClN2O2/c1-9-4-5-17(8-10(9)7-16)14(19)12-3-2-11(15)6-13(12)18/h2-3,6,9-10,18H,4-5,7-8,16H2,1H3. The topological polar surface area (TPSA) is 66.6 Å². The molecule has 2 unspecified atom stereocenters. The third-order valence-electron chi connectivity index (χ3n) is 3.89. The van der Waals surface area contributed by atoms with Gasteiger partial charge in [-0.25, -0.2) is 0 Å². The average Bonchev–Trinajstić information content (AvgIpc) is 2.38. The summed E-state index contributed by atoms with van der Waals surface area (Å²) >= 11 is 5.77. The van der Waals surface area contributed by atoms with Gasteiger partial charge in [0.25, 0.3) is 5.91 Å². The van der Waals surface area contributed by atoms with E-state index in [2.05, 4.69) is 6.92 Å². The van der Waals surface area contributed by atoms with E-state index < -0.39 is 0 Å². The molecule has 0 saturated carbocycles. The van der Waals surface area contributed by atoms with Crippen LogP contribution in [0.25, 0.3) is 0 Å². The Hall–Kier alpha value is -1.26. The van der Waals surface area contributed by atoms with Crippen molar-refractivity contribution in [3.8, 4) is 5.75 Å². The van der Waals surface area contributed by atoms with Crippen LogP contribution in [0, 0.1) is 11.8 Å². The van der Waals surface area contributed by atoms with Crippen LogP contribution in [0.2, 0.25) is 5.02 Å². The van der Waals surface area contributed by atoms with Crippen molar-refractivity contribution in [3.05, 3.63) is 28.8 Å². The van der Waals surface area contributed by atoms with Crippen molar-refractivity contribution < 1.29 is 9.90 Å². The smallest absolute Gasteiger partial charge is 0.257 e. The van der Waals surface area contributed by atoms with Crippen LogP contribution in [0.3, 0.4) is 0 Å². The number of likely N-dealkylation sites (tertiary alicyclic amines) is 1. The third kappa shape index (κ3) is 3.01. The lowest BCUT2D eigenvalue weighted by molar-refractivity contribution is 0.0615. The van der Waals surface area contributed by atoms with Crippen LogP contribution in [0.5, 0.6) is 5.75 Å². The second-order valence-corrected chi connectivity index (χ2v) is 5.61. The highest BCUT2D eigenvalue weighted by molar-refractivity contribution is 6.30. The number of aromatic hydroxyl groups is 1. The largest absolute Gasteiger partial charge is 0.507 e. The highest BCUT2D eigenvalue weighted by Crippen LogP contribution is 2.27. The maximum atomic E-state index is 12.4. The van der Waals surface area contributed by atoms with Gasteiger partial charge in [-0.05, 0) is 43.0 Å². The zero-order chi connectivity index (χ0) is 14.0. The lowest BCUT2D eigenvalue weighted by atomic mass is 9.87. The maximum Gasteiger partial charge on any atom is 0.257 e. The molecular formula is C14H19ClN2O2. The van der Waals surface area contributed by atoms with Gasteiger partial charge in [0.2, 0.25) is 0 Å². The van der Waals surface area contributed by atoms with E-state index in [-0.39, 0.29) is 11.7 Å². The van der Waals surface area contributed by atoms with Crippen LogP contribution in [0.1, 0.15) is 23.7 Å². The second-order valence-electron chi connectivity index (χ2n) is 5.17. The number of amides is 1. The zero-order valence-corrected chi connectivity index (χ0v) is 11.7. The number of benzene rings is 1. The molecule has 2 atom stereocenters. The Balaban J connectivity index is 2.15. The van der Waals surface area contributed by atoms with Crippen molar-refractivity contribution in [1.82, 2.24) is 4.90 Å². The third-order valence-corrected chi connectivity index (χ3v) is 4.13. The molecule has 0 aliphatic carbocycles. The fourth-order valence-corrected chi connectivity index (χ4v) is 2.66. The fraction of sp³-hybridized carbons (Fsp3) is 0.500. The van der Waals surface area contributed by atoms with Crippen LogP contribution in [-0.2, 0) is 0 Å². The predicted molar refractivity (Wildman–Crippen MR) is 75.3 cm³/mol. The van der Waals surface area contributed by atoms with Crippen molar-refractivity contribution in [1.29, 1.82) is 0 Å². The van der Waals surface area contributed by atoms with E-state index in [1.807, 2.05) is 0 Å². The molecule has 0 aromatic heterocycles. The van der Waals surface area contributed by atoms with Gasteiger partial charge in [-0.3, -0.25) is 4.79 Å². The Morgan fingerprint density at radius 3 is 2.95 bits per heavy atom. The summed E-state index contributed by atoms with van der Waals surface area (Å²) in [4.78, 5) is 14.1. The van der Waals surface area contributed by atoms with Gasteiger partial charge in [-0.2, -0.15) is 0 Å². The quantitative estimate of drug-likeness (QED) is 0.873. The first-order valence-electron chi connectivity index (χ1n) is 6.50. The summed E-state index contributed by atoms with van der Waals surface area (Å²) in [6.45, 7) is 4.10. The zero-order valence-electron chi connectivity index (χ0n) is 11.0. The molecule has 1 aliphatic heterocycles. The van der Waals surface area contributed by atoms with E-state index in [0.717, 1.165) is 6.42 Å². The number of hydrogen-bond acceptors (Lipinski definition) is 3. The molecule has 1 aromatic carbocycles. The van der Waals surface area contributed by atoms with Gasteiger partial charge in [-0.15, -0.1) is 0 Å². The molecule has 0 radical (unpaired) electrons. The minimum Gasteiger partial charge on any atom is -0.507 e. The summed E-state index contributed by atoms with van der Waals surface area (Å²) in [6, 6.07) is 4.57. The van der Waals surface area contributed by atoms with E-state index in [4.69, 9.17) is 17.3 Å². The summed E-state index contributed by atoms with van der Waals surface area (Å²) in [6.07, 6.45) is 0.946. The maximum absolute atomic E-state index is 12.4. The van der Waals surface area contributed by atoms with Crippen LogP contribution < -0.4 is 5.73 Å². The first kappa shape index (κ1) is 14.2. The number of carbonyl (C=O) groups excluding carboxylic acids is 1. The summed E-state index contributed by atoms with van der Waals surface area (Å²) < 4.78 is 0. The number of halogens is 1. The van der Waals surface area contributed by atoms with E-state index in [1.54, 1.807) is 17.0 Å². The van der Waals surface area contributed by atoms with Crippen LogP contribution >= 0.6 is 11.6 Å². The number of rotatable bonds is 2. The number of nitrogens with zero attached hydrogens (tertiary/aromatic N) is 1. The summed E-state index contributed by atoms with van der Waals surface area (Å²) in [5.74, 6) is 0.639. The highest BCUT2D eigenvalue weighted by atomic mass is 35.5. The van der Waals surface area contributed by atoms with Gasteiger partial charge in [0.05, 0.1) is 5.56 Å². The van der Waals surface area contributed by atoms with Gasteiger partial charge in [0.15, 0.2) is 0 Å². The minimum atomic E-state index is -0.153. The highest BCUT2D eigenvalue weighted by Gasteiger charge is 2.29. The number of hydrogen-bond donors (Lipinski definition) is 2. The summed E-state index contributed by atoms with van der Waals surface area (Å²) in [5.41, 5.74) is 6.04. The van der Waals surface area contributed by atoms with Gasteiger partial charge < -0.3 is 15.7 Å². The van der Waals surface area contributed by atoms with Crippen molar-refractivity contribution in [2.45, 2.75) is 13.3 Å². The Labute approximate surface area is 118 Å². The molecule has 1 amide bonds. The molecule has 1 heterocycles. The lowest BCUT2D eigenvalue weighted by Gasteiger charge is -2.36. The number of phenols is 1. The van der Waals surface area contributed by atoms with E-state index in [9.17, 15) is 9.90 Å². The van der Waals surface area contributed by atoms with Crippen molar-refractivity contribution in [2.24, 2.45) is 17.6 Å². The van der Waals surface area contributed by atoms with Crippen molar-refractivity contribution >= 4 is 17.5 Å². The summed E-state index contributed by atoms with van der Waals surface area (Å²) in [7, 11) is 0. The molecular weight excluding hydrogens is 264 g/mol. The Morgan fingerprint density at radius 2 is 2.32 bits per heavy atom. The molecule has 2 rings (SSSR count). The summed E-state index contributed by atoms with van der Waals surface area (Å²) in [5, 5.41) is 10.2. The molecule has 3 N–H and O–H groups in total. The SMILES string of the molecule is CC1CCN(C(=O)c2ccc(Cl)cc2O)CC1CN. The number of phenolic OH excluding ortho intramolecular Hbond substituents is 1.